The van der Waals surface area contributed by atoms with Gasteiger partial charge in [0.25, 0.3) is 0 Å². The molecule has 0 fully saturated rings. The molecule has 0 spiro atoms. The van der Waals surface area contributed by atoms with E-state index in [-0.39, 0.29) is 13.0 Å². The molecule has 0 heterocycles. The number of unbranched alkanes of at least 4 members (excludes halogenated alkanes) is 12. The molecule has 1 atom stereocenters. The first kappa shape index (κ1) is 31.8. The Balaban J connectivity index is 2.12. The highest BCUT2D eigenvalue weighted by atomic mass is 19.2. The van der Waals surface area contributed by atoms with Crippen LogP contribution in [0.3, 0.4) is 0 Å². The molecule has 0 aliphatic heterocycles. The van der Waals surface area contributed by atoms with Crippen LogP contribution in [0.2, 0.25) is 0 Å². The molecule has 0 N–H and O–H groups in total. The first-order chi connectivity index (χ1) is 17.2. The second-order valence-corrected chi connectivity index (χ2v) is 9.08. The van der Waals surface area contributed by atoms with E-state index in [0.29, 0.717) is 6.42 Å². The summed E-state index contributed by atoms with van der Waals surface area (Å²) in [5.74, 6) is -12.3. The molecule has 0 aliphatic carbocycles. The van der Waals surface area contributed by atoms with Crippen molar-refractivity contribution < 1.29 is 41.0 Å². The summed E-state index contributed by atoms with van der Waals surface area (Å²) in [6, 6.07) is 0. The smallest absolute Gasteiger partial charge is 0.306 e. The van der Waals surface area contributed by atoms with E-state index >= 15 is 0 Å². The van der Waals surface area contributed by atoms with Crippen molar-refractivity contribution in [3.63, 3.8) is 0 Å². The molecule has 1 aromatic rings. The van der Waals surface area contributed by atoms with E-state index < -0.39 is 59.1 Å². The van der Waals surface area contributed by atoms with E-state index in [1.165, 1.54) is 57.8 Å². The van der Waals surface area contributed by atoms with Crippen molar-refractivity contribution >= 4 is 11.9 Å². The Hall–Kier alpha value is -2.19. The van der Waals surface area contributed by atoms with Gasteiger partial charge in [0.2, 0.25) is 5.82 Å². The van der Waals surface area contributed by atoms with Gasteiger partial charge in [0.05, 0.1) is 25.0 Å². The van der Waals surface area contributed by atoms with Crippen LogP contribution < -0.4 is 0 Å². The van der Waals surface area contributed by atoms with Crippen LogP contribution in [0.5, 0.6) is 0 Å². The molecule has 1 rings (SSSR count). The van der Waals surface area contributed by atoms with Crippen molar-refractivity contribution in [2.45, 2.75) is 116 Å². The molecule has 0 aromatic heterocycles. The minimum absolute atomic E-state index is 0.229. The fourth-order valence-electron chi connectivity index (χ4n) is 3.88. The average molecular weight is 523 g/mol. The molecule has 0 bridgehead atoms. The van der Waals surface area contributed by atoms with Crippen LogP contribution in [-0.4, -0.2) is 18.5 Å². The van der Waals surface area contributed by atoms with Crippen LogP contribution in [0.1, 0.15) is 122 Å². The monoisotopic (exact) mass is 522 g/mol. The molecular weight excluding hydrogens is 483 g/mol. The lowest BCUT2D eigenvalue weighted by molar-refractivity contribution is -0.153. The van der Waals surface area contributed by atoms with Gasteiger partial charge in [0.15, 0.2) is 23.3 Å². The molecule has 0 saturated heterocycles. The number of hydrogen-bond acceptors (Lipinski definition) is 4. The van der Waals surface area contributed by atoms with E-state index in [1.807, 2.05) is 0 Å². The summed E-state index contributed by atoms with van der Waals surface area (Å²) in [5.41, 5.74) is -1.25. The molecule has 1 unspecified atom stereocenters. The number of esters is 2. The van der Waals surface area contributed by atoms with Crippen LogP contribution in [-0.2, 0) is 19.1 Å². The number of hydrogen-bond donors (Lipinski definition) is 0. The van der Waals surface area contributed by atoms with Crippen molar-refractivity contribution in [2.24, 2.45) is 0 Å². The second kappa shape index (κ2) is 18.1. The number of halogens is 5. The largest absolute Gasteiger partial charge is 0.466 e. The standard InChI is InChI=1S/C27H39F5O4/c1-3-4-5-6-7-8-9-10-11-12-13-14-15-18-35-20(33)16-17-21(34)36-19(2)22-23(28)25(30)27(32)26(31)24(22)29/h19H,3-18H2,1-2H3. The number of carbonyl (C=O) groups excluding carboxylic acids is 2. The van der Waals surface area contributed by atoms with E-state index in [1.54, 1.807) is 0 Å². The highest BCUT2D eigenvalue weighted by molar-refractivity contribution is 5.77. The van der Waals surface area contributed by atoms with E-state index in [9.17, 15) is 31.5 Å². The maximum atomic E-state index is 13.8. The normalized spacial score (nSPS) is 12.0. The first-order valence-electron chi connectivity index (χ1n) is 13.1. The quantitative estimate of drug-likeness (QED) is 0.0602. The summed E-state index contributed by atoms with van der Waals surface area (Å²) < 4.78 is 77.2. The van der Waals surface area contributed by atoms with E-state index in [2.05, 4.69) is 6.92 Å². The molecular formula is C27H39F5O4. The van der Waals surface area contributed by atoms with Crippen molar-refractivity contribution in [2.75, 3.05) is 6.61 Å². The fourth-order valence-corrected chi connectivity index (χ4v) is 3.88. The zero-order chi connectivity index (χ0) is 26.9. The Morgan fingerprint density at radius 2 is 1.00 bits per heavy atom. The molecule has 1 aromatic carbocycles. The predicted molar refractivity (Wildman–Crippen MR) is 127 cm³/mol. The summed E-state index contributed by atoms with van der Waals surface area (Å²) in [6.45, 7) is 3.42. The Labute approximate surface area is 210 Å². The summed E-state index contributed by atoms with van der Waals surface area (Å²) >= 11 is 0. The zero-order valence-electron chi connectivity index (χ0n) is 21.4. The van der Waals surface area contributed by atoms with Gasteiger partial charge in [-0.05, 0) is 13.3 Å². The van der Waals surface area contributed by atoms with Gasteiger partial charge in [-0.2, -0.15) is 0 Å². The van der Waals surface area contributed by atoms with Gasteiger partial charge in [-0.15, -0.1) is 0 Å². The second-order valence-electron chi connectivity index (χ2n) is 9.08. The highest BCUT2D eigenvalue weighted by Crippen LogP contribution is 2.29. The van der Waals surface area contributed by atoms with Crippen molar-refractivity contribution in [3.05, 3.63) is 34.6 Å². The molecule has 4 nitrogen and oxygen atoms in total. The van der Waals surface area contributed by atoms with Crippen LogP contribution >= 0.6 is 0 Å². The third-order valence-electron chi connectivity index (χ3n) is 6.00. The SMILES string of the molecule is CCCCCCCCCCCCCCCOC(=O)CCC(=O)OC(C)c1c(F)c(F)c(F)c(F)c1F. The zero-order valence-corrected chi connectivity index (χ0v) is 21.4. The lowest BCUT2D eigenvalue weighted by atomic mass is 10.0. The summed E-state index contributed by atoms with van der Waals surface area (Å²) in [7, 11) is 0. The first-order valence-corrected chi connectivity index (χ1v) is 13.1. The van der Waals surface area contributed by atoms with Gasteiger partial charge < -0.3 is 9.47 Å². The summed E-state index contributed by atoms with van der Waals surface area (Å²) in [6.07, 6.45) is 13.0. The van der Waals surface area contributed by atoms with Crippen LogP contribution in [0.4, 0.5) is 22.0 Å². The minimum atomic E-state index is -2.29. The van der Waals surface area contributed by atoms with Gasteiger partial charge in [0.1, 0.15) is 6.10 Å². The molecule has 0 amide bonds. The molecule has 206 valence electrons. The number of rotatable bonds is 19. The predicted octanol–water partition coefficient (Wildman–Crippen LogP) is 8.40. The molecule has 9 heteroatoms. The van der Waals surface area contributed by atoms with Crippen LogP contribution in [0.25, 0.3) is 0 Å². The van der Waals surface area contributed by atoms with Crippen LogP contribution in [0, 0.1) is 29.1 Å². The van der Waals surface area contributed by atoms with Gasteiger partial charge in [-0.3, -0.25) is 9.59 Å². The number of carbonyl (C=O) groups is 2. The van der Waals surface area contributed by atoms with Gasteiger partial charge in [0, 0.05) is 0 Å². The number of ether oxygens (including phenoxy) is 2. The topological polar surface area (TPSA) is 52.6 Å². The summed E-state index contributed by atoms with van der Waals surface area (Å²) in [5, 5.41) is 0. The minimum Gasteiger partial charge on any atom is -0.466 e. The third kappa shape index (κ3) is 11.7. The van der Waals surface area contributed by atoms with Crippen molar-refractivity contribution in [1.29, 1.82) is 0 Å². The van der Waals surface area contributed by atoms with Gasteiger partial charge >= 0.3 is 11.9 Å². The molecule has 0 saturated carbocycles. The lowest BCUT2D eigenvalue weighted by Gasteiger charge is -2.16. The Morgan fingerprint density at radius 3 is 1.47 bits per heavy atom. The average Bonchev–Trinajstić information content (AvgIpc) is 2.85. The highest BCUT2D eigenvalue weighted by Gasteiger charge is 2.30. The Bertz CT molecular complexity index is 787. The molecule has 36 heavy (non-hydrogen) atoms. The molecule has 0 aliphatic rings. The van der Waals surface area contributed by atoms with Crippen molar-refractivity contribution in [3.8, 4) is 0 Å². The van der Waals surface area contributed by atoms with Crippen LogP contribution in [0.15, 0.2) is 0 Å². The summed E-state index contributed by atoms with van der Waals surface area (Å²) in [4.78, 5) is 23.6. The molecule has 0 radical (unpaired) electrons. The Morgan fingerprint density at radius 1 is 0.611 bits per heavy atom. The lowest BCUT2D eigenvalue weighted by Crippen LogP contribution is -2.16. The Kier molecular flexibility index (Phi) is 16.0. The maximum Gasteiger partial charge on any atom is 0.306 e. The van der Waals surface area contributed by atoms with E-state index in [0.717, 1.165) is 26.2 Å². The van der Waals surface area contributed by atoms with E-state index in [4.69, 9.17) is 9.47 Å². The fraction of sp³-hybridized carbons (Fsp3) is 0.704. The van der Waals surface area contributed by atoms with Crippen molar-refractivity contribution in [1.82, 2.24) is 0 Å². The third-order valence-corrected chi connectivity index (χ3v) is 6.00. The number of benzene rings is 1. The van der Waals surface area contributed by atoms with Gasteiger partial charge in [-0.1, -0.05) is 84.0 Å². The maximum absolute atomic E-state index is 13.8. The van der Waals surface area contributed by atoms with Gasteiger partial charge in [-0.25, -0.2) is 22.0 Å².